The van der Waals surface area contributed by atoms with Crippen molar-refractivity contribution in [3.63, 3.8) is 0 Å². The van der Waals surface area contributed by atoms with Gasteiger partial charge in [0.2, 0.25) is 5.43 Å². The fourth-order valence-electron chi connectivity index (χ4n) is 3.01. The van der Waals surface area contributed by atoms with Crippen LogP contribution in [-0.2, 0) is 6.54 Å². The molecule has 1 heterocycles. The second kappa shape index (κ2) is 8.77. The van der Waals surface area contributed by atoms with Crippen molar-refractivity contribution in [1.82, 2.24) is 4.57 Å². The van der Waals surface area contributed by atoms with Crippen molar-refractivity contribution in [2.75, 3.05) is 12.4 Å². The smallest absolute Gasteiger partial charge is 0.387 e. The zero-order chi connectivity index (χ0) is 21.0. The van der Waals surface area contributed by atoms with E-state index in [2.05, 4.69) is 10.1 Å². The molecule has 2 aromatic carbocycles. The summed E-state index contributed by atoms with van der Waals surface area (Å²) in [5, 5.41) is 3.24. The summed E-state index contributed by atoms with van der Waals surface area (Å²) >= 11 is 0. The summed E-state index contributed by atoms with van der Waals surface area (Å²) in [6.45, 7) is 1.10. The highest BCUT2D eigenvalue weighted by molar-refractivity contribution is 5.64. The van der Waals surface area contributed by atoms with Gasteiger partial charge in [0.25, 0.3) is 0 Å². The van der Waals surface area contributed by atoms with Crippen molar-refractivity contribution in [2.45, 2.75) is 27.0 Å². The molecule has 0 amide bonds. The highest BCUT2D eigenvalue weighted by Gasteiger charge is 2.13. The third kappa shape index (κ3) is 4.93. The van der Waals surface area contributed by atoms with Crippen LogP contribution >= 0.6 is 0 Å². The average Bonchev–Trinajstić information content (AvgIpc) is 2.68. The number of methoxy groups -OCH3 is 1. The van der Waals surface area contributed by atoms with Gasteiger partial charge in [0.05, 0.1) is 13.3 Å². The zero-order valence-corrected chi connectivity index (χ0v) is 16.4. The molecule has 0 bridgehead atoms. The van der Waals surface area contributed by atoms with Crippen LogP contribution in [0.5, 0.6) is 11.5 Å². The fraction of sp³-hybridized carbons (Fsp3) is 0.227. The molecule has 152 valence electrons. The first-order valence-electron chi connectivity index (χ1n) is 9.03. The molecule has 1 N–H and O–H groups in total. The topological polar surface area (TPSA) is 52.5 Å². The number of rotatable bonds is 7. The molecule has 3 aromatic rings. The molecule has 1 aromatic heterocycles. The standard InChI is InChI=1S/C22H22F2N2O3/c1-14-10-19(29-22(23)24)15(2)9-17(14)25-21-11-18(27)20(28-3)13-26(21)12-16-7-5-4-6-8-16/h4-11,13,22,25H,12H2,1-3H3. The molecule has 0 aliphatic heterocycles. The first-order valence-corrected chi connectivity index (χ1v) is 9.03. The SMILES string of the molecule is COc1cn(Cc2ccccc2)c(Nc2cc(C)c(OC(F)F)cc2C)cc1=O. The predicted octanol–water partition coefficient (Wildman–Crippen LogP) is 4.87. The summed E-state index contributed by atoms with van der Waals surface area (Å²) < 4.78 is 36.7. The zero-order valence-electron chi connectivity index (χ0n) is 16.4. The van der Waals surface area contributed by atoms with Crippen molar-refractivity contribution in [3.8, 4) is 11.5 Å². The largest absolute Gasteiger partial charge is 0.491 e. The van der Waals surface area contributed by atoms with E-state index in [4.69, 9.17) is 4.74 Å². The van der Waals surface area contributed by atoms with E-state index in [-0.39, 0.29) is 16.9 Å². The number of halogens is 2. The second-order valence-corrected chi connectivity index (χ2v) is 6.64. The van der Waals surface area contributed by atoms with Gasteiger partial charge in [-0.25, -0.2) is 0 Å². The van der Waals surface area contributed by atoms with E-state index in [1.165, 1.54) is 13.2 Å². The molecule has 3 rings (SSSR count). The number of nitrogens with one attached hydrogen (secondary N) is 1. The van der Waals surface area contributed by atoms with Crippen molar-refractivity contribution in [3.05, 3.63) is 81.6 Å². The van der Waals surface area contributed by atoms with Gasteiger partial charge >= 0.3 is 6.61 Å². The average molecular weight is 400 g/mol. The van der Waals surface area contributed by atoms with Crippen LogP contribution in [0.2, 0.25) is 0 Å². The molecule has 0 aliphatic rings. The summed E-state index contributed by atoms with van der Waals surface area (Å²) in [5.74, 6) is 0.921. The molecule has 0 radical (unpaired) electrons. The maximum atomic E-state index is 12.6. The number of nitrogens with zero attached hydrogens (tertiary/aromatic N) is 1. The van der Waals surface area contributed by atoms with E-state index in [0.717, 1.165) is 5.56 Å². The first-order chi connectivity index (χ1) is 13.9. The number of benzene rings is 2. The Labute approximate surface area is 167 Å². The Morgan fingerprint density at radius 3 is 2.41 bits per heavy atom. The van der Waals surface area contributed by atoms with E-state index < -0.39 is 6.61 Å². The van der Waals surface area contributed by atoms with Gasteiger partial charge in [0.1, 0.15) is 11.6 Å². The van der Waals surface area contributed by atoms with Gasteiger partial charge in [-0.15, -0.1) is 0 Å². The molecule has 0 saturated heterocycles. The molecule has 0 fully saturated rings. The lowest BCUT2D eigenvalue weighted by Crippen LogP contribution is -2.15. The quantitative estimate of drug-likeness (QED) is 0.615. The van der Waals surface area contributed by atoms with E-state index in [1.54, 1.807) is 32.2 Å². The van der Waals surface area contributed by atoms with Gasteiger partial charge in [-0.05, 0) is 42.7 Å². The van der Waals surface area contributed by atoms with Crippen molar-refractivity contribution in [2.24, 2.45) is 0 Å². The van der Waals surface area contributed by atoms with Crippen LogP contribution < -0.4 is 20.2 Å². The van der Waals surface area contributed by atoms with Crippen LogP contribution in [0, 0.1) is 13.8 Å². The number of alkyl halides is 2. The Hall–Kier alpha value is -3.35. The van der Waals surface area contributed by atoms with Crippen LogP contribution in [0.1, 0.15) is 16.7 Å². The number of hydrogen-bond donors (Lipinski definition) is 1. The number of ether oxygens (including phenoxy) is 2. The van der Waals surface area contributed by atoms with Crippen LogP contribution in [0.15, 0.2) is 59.5 Å². The summed E-state index contributed by atoms with van der Waals surface area (Å²) in [5.41, 5.74) is 2.75. The lowest BCUT2D eigenvalue weighted by atomic mass is 10.1. The van der Waals surface area contributed by atoms with Crippen LogP contribution in [0.4, 0.5) is 20.3 Å². The van der Waals surface area contributed by atoms with Gasteiger partial charge in [-0.1, -0.05) is 30.3 Å². The van der Waals surface area contributed by atoms with Crippen molar-refractivity contribution < 1.29 is 18.3 Å². The minimum Gasteiger partial charge on any atom is -0.491 e. The maximum Gasteiger partial charge on any atom is 0.387 e. The number of anilines is 2. The van der Waals surface area contributed by atoms with E-state index in [1.807, 2.05) is 34.9 Å². The number of hydrogen-bond acceptors (Lipinski definition) is 4. The minimum absolute atomic E-state index is 0.124. The van der Waals surface area contributed by atoms with E-state index >= 15 is 0 Å². The van der Waals surface area contributed by atoms with Crippen molar-refractivity contribution in [1.29, 1.82) is 0 Å². The lowest BCUT2D eigenvalue weighted by Gasteiger charge is -2.19. The summed E-state index contributed by atoms with van der Waals surface area (Å²) in [6, 6.07) is 14.5. The van der Waals surface area contributed by atoms with Crippen LogP contribution in [-0.4, -0.2) is 18.3 Å². The Balaban J connectivity index is 1.99. The van der Waals surface area contributed by atoms with Gasteiger partial charge in [-0.2, -0.15) is 8.78 Å². The summed E-state index contributed by atoms with van der Waals surface area (Å²) in [6.07, 6.45) is 1.65. The molecule has 0 spiro atoms. The van der Waals surface area contributed by atoms with Gasteiger partial charge in [-0.3, -0.25) is 4.79 Å². The van der Waals surface area contributed by atoms with Crippen LogP contribution in [0.3, 0.4) is 0 Å². The third-order valence-corrected chi connectivity index (χ3v) is 4.51. The fourth-order valence-corrected chi connectivity index (χ4v) is 3.01. The highest BCUT2D eigenvalue weighted by Crippen LogP contribution is 2.29. The maximum absolute atomic E-state index is 12.6. The normalized spacial score (nSPS) is 10.8. The van der Waals surface area contributed by atoms with E-state index in [9.17, 15) is 13.6 Å². The molecule has 0 saturated carbocycles. The second-order valence-electron chi connectivity index (χ2n) is 6.64. The van der Waals surface area contributed by atoms with Crippen molar-refractivity contribution >= 4 is 11.5 Å². The third-order valence-electron chi connectivity index (χ3n) is 4.51. The van der Waals surface area contributed by atoms with Crippen LogP contribution in [0.25, 0.3) is 0 Å². The Bertz CT molecular complexity index is 1050. The first kappa shape index (κ1) is 20.4. The summed E-state index contributed by atoms with van der Waals surface area (Å²) in [4.78, 5) is 12.3. The molecule has 0 aliphatic carbocycles. The summed E-state index contributed by atoms with van der Waals surface area (Å²) in [7, 11) is 1.45. The molecular weight excluding hydrogens is 378 g/mol. The molecular formula is C22H22F2N2O3. The lowest BCUT2D eigenvalue weighted by molar-refractivity contribution is -0.0503. The monoisotopic (exact) mass is 400 g/mol. The Morgan fingerprint density at radius 2 is 1.76 bits per heavy atom. The molecule has 0 atom stereocenters. The van der Waals surface area contributed by atoms with Gasteiger partial charge in [0.15, 0.2) is 5.75 Å². The van der Waals surface area contributed by atoms with E-state index in [0.29, 0.717) is 29.2 Å². The Kier molecular flexibility index (Phi) is 6.16. The molecule has 5 nitrogen and oxygen atoms in total. The minimum atomic E-state index is -2.88. The van der Waals surface area contributed by atoms with Gasteiger partial charge in [0, 0.05) is 18.3 Å². The number of aryl methyl sites for hydroxylation is 2. The number of pyridine rings is 1. The molecule has 0 unspecified atom stereocenters. The van der Waals surface area contributed by atoms with Gasteiger partial charge < -0.3 is 19.4 Å². The predicted molar refractivity (Wildman–Crippen MR) is 109 cm³/mol. The number of aromatic nitrogens is 1. The highest BCUT2D eigenvalue weighted by atomic mass is 19.3. The Morgan fingerprint density at radius 1 is 1.03 bits per heavy atom. The molecule has 29 heavy (non-hydrogen) atoms. The molecule has 7 heteroatoms.